The third-order valence-electron chi connectivity index (χ3n) is 4.54. The average molecular weight is 571 g/mol. The first-order valence-corrected chi connectivity index (χ1v) is 12.1. The summed E-state index contributed by atoms with van der Waals surface area (Å²) in [5, 5.41) is 3.23. The van der Waals surface area contributed by atoms with E-state index < -0.39 is 17.8 Å². The lowest BCUT2D eigenvalue weighted by Crippen LogP contribution is -2.14. The number of esters is 2. The lowest BCUT2D eigenvalue weighted by molar-refractivity contribution is 0.0506. The second-order valence-corrected chi connectivity index (χ2v) is 9.31. The van der Waals surface area contributed by atoms with Crippen LogP contribution in [0, 0.1) is 6.92 Å². The molecule has 34 heavy (non-hydrogen) atoms. The van der Waals surface area contributed by atoms with Crippen molar-refractivity contribution in [3.8, 4) is 5.75 Å². The van der Waals surface area contributed by atoms with Crippen molar-refractivity contribution in [2.75, 3.05) is 19.0 Å². The molecule has 2 aromatic heterocycles. The van der Waals surface area contributed by atoms with Gasteiger partial charge in [0.25, 0.3) is 5.91 Å². The largest absolute Gasteiger partial charge is 0.484 e. The number of amides is 1. The first-order valence-electron chi connectivity index (χ1n) is 10.1. The Kier molecular flexibility index (Phi) is 8.76. The Morgan fingerprint density at radius 1 is 1.18 bits per heavy atom. The van der Waals surface area contributed by atoms with Crippen LogP contribution in [0.15, 0.2) is 39.2 Å². The molecular weight excluding hydrogens is 550 g/mol. The molecule has 0 unspecified atom stereocenters. The van der Waals surface area contributed by atoms with Crippen LogP contribution in [0.5, 0.6) is 5.75 Å². The third kappa shape index (κ3) is 5.99. The number of hydrogen-bond acceptors (Lipinski definition) is 8. The maximum Gasteiger partial charge on any atom is 0.348 e. The van der Waals surface area contributed by atoms with Gasteiger partial charge in [0.05, 0.1) is 24.3 Å². The van der Waals surface area contributed by atoms with E-state index in [0.29, 0.717) is 28.5 Å². The van der Waals surface area contributed by atoms with E-state index in [4.69, 9.17) is 30.2 Å². The number of benzene rings is 1. The van der Waals surface area contributed by atoms with Gasteiger partial charge in [0.15, 0.2) is 5.76 Å². The molecule has 0 aliphatic rings. The maximum atomic E-state index is 12.8. The van der Waals surface area contributed by atoms with Gasteiger partial charge in [-0.1, -0.05) is 34.5 Å². The number of nitrogens with one attached hydrogen (secondary N) is 1. The lowest BCUT2D eigenvalue weighted by atomic mass is 10.1. The van der Waals surface area contributed by atoms with Gasteiger partial charge in [0.1, 0.15) is 28.0 Å². The molecule has 0 bridgehead atoms. The van der Waals surface area contributed by atoms with Gasteiger partial charge in [-0.05, 0) is 49.2 Å². The molecule has 1 amide bonds. The highest BCUT2D eigenvalue weighted by Crippen LogP contribution is 2.35. The van der Waals surface area contributed by atoms with E-state index in [-0.39, 0.29) is 34.4 Å². The lowest BCUT2D eigenvalue weighted by Gasteiger charge is -2.07. The molecule has 0 atom stereocenters. The molecule has 8 nitrogen and oxygen atoms in total. The van der Waals surface area contributed by atoms with E-state index in [9.17, 15) is 14.4 Å². The number of furan rings is 1. The molecule has 0 saturated carbocycles. The average Bonchev–Trinajstić information content (AvgIpc) is 3.41. The van der Waals surface area contributed by atoms with Gasteiger partial charge < -0.3 is 23.9 Å². The molecule has 0 radical (unpaired) electrons. The van der Waals surface area contributed by atoms with Crippen LogP contribution in [0.2, 0.25) is 5.02 Å². The quantitative estimate of drug-likeness (QED) is 0.303. The number of carbonyl (C=O) groups excluding carboxylic acids is 3. The van der Waals surface area contributed by atoms with Gasteiger partial charge in [0.2, 0.25) is 0 Å². The fourth-order valence-corrected chi connectivity index (χ4v) is 4.72. The van der Waals surface area contributed by atoms with Crippen LogP contribution in [0.3, 0.4) is 0 Å². The van der Waals surface area contributed by atoms with Gasteiger partial charge in [0, 0.05) is 4.47 Å². The Bertz CT molecular complexity index is 1220. The van der Waals surface area contributed by atoms with Crippen molar-refractivity contribution in [2.45, 2.75) is 26.9 Å². The number of halogens is 2. The predicted octanol–water partition coefficient (Wildman–Crippen LogP) is 6.25. The summed E-state index contributed by atoms with van der Waals surface area (Å²) in [4.78, 5) is 37.7. The first kappa shape index (κ1) is 25.8. The van der Waals surface area contributed by atoms with Crippen LogP contribution in [0.1, 0.15) is 55.3 Å². The van der Waals surface area contributed by atoms with Crippen LogP contribution < -0.4 is 10.1 Å². The van der Waals surface area contributed by atoms with E-state index in [2.05, 4.69) is 21.2 Å². The monoisotopic (exact) mass is 569 g/mol. The summed E-state index contributed by atoms with van der Waals surface area (Å²) in [6.45, 7) is 3.71. The normalized spacial score (nSPS) is 10.6. The van der Waals surface area contributed by atoms with Crippen molar-refractivity contribution in [1.82, 2.24) is 0 Å². The zero-order valence-electron chi connectivity index (χ0n) is 18.5. The molecule has 11 heteroatoms. The topological polar surface area (TPSA) is 104 Å². The first-order chi connectivity index (χ1) is 16.2. The minimum atomic E-state index is -0.638. The summed E-state index contributed by atoms with van der Waals surface area (Å²) < 4.78 is 22.0. The molecule has 0 fully saturated rings. The smallest absolute Gasteiger partial charge is 0.348 e. The number of rotatable bonds is 9. The van der Waals surface area contributed by atoms with Gasteiger partial charge in [-0.3, -0.25) is 4.79 Å². The van der Waals surface area contributed by atoms with Crippen LogP contribution in [0.4, 0.5) is 5.00 Å². The molecule has 0 aliphatic carbocycles. The third-order valence-corrected chi connectivity index (χ3v) is 6.51. The van der Waals surface area contributed by atoms with E-state index >= 15 is 0 Å². The Balaban J connectivity index is 1.76. The molecule has 2 heterocycles. The van der Waals surface area contributed by atoms with Gasteiger partial charge in [-0.15, -0.1) is 11.3 Å². The highest BCUT2D eigenvalue weighted by Gasteiger charge is 2.28. The Morgan fingerprint density at radius 3 is 2.62 bits per heavy atom. The molecule has 3 aromatic rings. The second kappa shape index (κ2) is 11.5. The van der Waals surface area contributed by atoms with Gasteiger partial charge in [-0.25, -0.2) is 9.59 Å². The van der Waals surface area contributed by atoms with Gasteiger partial charge >= 0.3 is 11.9 Å². The van der Waals surface area contributed by atoms with Crippen molar-refractivity contribution in [1.29, 1.82) is 0 Å². The highest BCUT2D eigenvalue weighted by atomic mass is 79.9. The minimum Gasteiger partial charge on any atom is -0.484 e. The maximum absolute atomic E-state index is 12.8. The summed E-state index contributed by atoms with van der Waals surface area (Å²) in [7, 11) is 1.24. The van der Waals surface area contributed by atoms with E-state index in [0.717, 1.165) is 15.8 Å². The summed E-state index contributed by atoms with van der Waals surface area (Å²) in [5.41, 5.74) is 0.473. The molecule has 180 valence electrons. The number of methoxy groups -OCH3 is 1. The molecular formula is C23H21BrClNO7S. The Morgan fingerprint density at radius 2 is 1.94 bits per heavy atom. The predicted molar refractivity (Wildman–Crippen MR) is 131 cm³/mol. The van der Waals surface area contributed by atoms with Crippen molar-refractivity contribution in [2.24, 2.45) is 0 Å². The van der Waals surface area contributed by atoms with Gasteiger partial charge in [-0.2, -0.15) is 0 Å². The fourth-order valence-electron chi connectivity index (χ4n) is 2.89. The Labute approximate surface area is 213 Å². The molecule has 0 aliphatic heterocycles. The zero-order valence-corrected chi connectivity index (χ0v) is 21.7. The number of anilines is 1. The SMILES string of the molecule is CCCOC(=O)c1c(NC(=O)c2ccc(COc3ccc(Br)cc3Cl)o2)sc(C(=O)OC)c1C. The fraction of sp³-hybridized carbons (Fsp3) is 0.261. The number of carbonyl (C=O) groups is 3. The summed E-state index contributed by atoms with van der Waals surface area (Å²) >= 11 is 10.4. The number of ether oxygens (including phenoxy) is 3. The Hall–Kier alpha value is -2.82. The number of hydrogen-bond donors (Lipinski definition) is 1. The minimum absolute atomic E-state index is 0.000880. The molecule has 1 N–H and O–H groups in total. The van der Waals surface area contributed by atoms with Crippen LogP contribution in [-0.2, 0) is 16.1 Å². The zero-order chi connectivity index (χ0) is 24.8. The summed E-state index contributed by atoms with van der Waals surface area (Å²) in [6, 6.07) is 8.27. The van der Waals surface area contributed by atoms with E-state index in [1.54, 1.807) is 31.2 Å². The van der Waals surface area contributed by atoms with Crippen molar-refractivity contribution < 1.29 is 33.0 Å². The molecule has 1 aromatic carbocycles. The second-order valence-electron chi connectivity index (χ2n) is 6.97. The van der Waals surface area contributed by atoms with Crippen molar-refractivity contribution in [3.05, 3.63) is 67.4 Å². The van der Waals surface area contributed by atoms with E-state index in [1.165, 1.54) is 13.2 Å². The summed E-state index contributed by atoms with van der Waals surface area (Å²) in [6.07, 6.45) is 0.628. The van der Waals surface area contributed by atoms with Crippen molar-refractivity contribution >= 4 is 61.7 Å². The highest BCUT2D eigenvalue weighted by molar-refractivity contribution is 9.10. The summed E-state index contributed by atoms with van der Waals surface area (Å²) in [5.74, 6) is -0.997. The number of thiophene rings is 1. The van der Waals surface area contributed by atoms with Crippen molar-refractivity contribution in [3.63, 3.8) is 0 Å². The van der Waals surface area contributed by atoms with E-state index in [1.807, 2.05) is 6.92 Å². The van der Waals surface area contributed by atoms with Crippen LogP contribution in [-0.4, -0.2) is 31.6 Å². The molecule has 0 saturated heterocycles. The molecule has 0 spiro atoms. The van der Waals surface area contributed by atoms with Crippen LogP contribution in [0.25, 0.3) is 0 Å². The van der Waals surface area contributed by atoms with Crippen LogP contribution >= 0.6 is 38.9 Å². The standard InChI is InChI=1S/C23H21BrClNO7S/c1-4-9-31-22(28)18-12(2)19(23(29)30-3)34-21(18)26-20(27)17-8-6-14(33-17)11-32-16-7-5-13(24)10-15(16)25/h5-8,10H,4,9,11H2,1-3H3,(H,26,27). The molecule has 3 rings (SSSR count).